The second-order valence-electron chi connectivity index (χ2n) is 3.82. The zero-order valence-corrected chi connectivity index (χ0v) is 8.64. The Morgan fingerprint density at radius 2 is 2.20 bits per heavy atom. The summed E-state index contributed by atoms with van der Waals surface area (Å²) < 4.78 is 0. The second kappa shape index (κ2) is 3.87. The molecule has 1 atom stereocenters. The van der Waals surface area contributed by atoms with Gasteiger partial charge in [-0.1, -0.05) is 12.1 Å². The summed E-state index contributed by atoms with van der Waals surface area (Å²) in [6.45, 7) is 1.97. The Bertz CT molecular complexity index is 480. The first-order chi connectivity index (χ1) is 7.18. The molecule has 2 aromatic rings. The summed E-state index contributed by atoms with van der Waals surface area (Å²) in [5.74, 6) is 0.221. The molecule has 0 aliphatic carbocycles. The van der Waals surface area contributed by atoms with Crippen molar-refractivity contribution in [1.82, 2.24) is 4.98 Å². The zero-order chi connectivity index (χ0) is 10.8. The van der Waals surface area contributed by atoms with E-state index >= 15 is 0 Å². The van der Waals surface area contributed by atoms with Gasteiger partial charge in [-0.2, -0.15) is 0 Å². The normalized spacial score (nSPS) is 12.9. The predicted molar refractivity (Wildman–Crippen MR) is 60.8 cm³/mol. The standard InChI is InChI=1S/C12H14N2O/c1-8(13)7-9-4-5-11(15)12-10(9)3-2-6-14-12/h2-6,8,15H,7,13H2,1H3. The molecule has 15 heavy (non-hydrogen) atoms. The predicted octanol–water partition coefficient (Wildman–Crippen LogP) is 1.83. The molecule has 0 aliphatic rings. The third-order valence-corrected chi connectivity index (χ3v) is 2.38. The topological polar surface area (TPSA) is 59.1 Å². The molecule has 0 aliphatic heterocycles. The highest BCUT2D eigenvalue weighted by Gasteiger charge is 2.07. The number of phenols is 1. The van der Waals surface area contributed by atoms with Gasteiger partial charge >= 0.3 is 0 Å². The van der Waals surface area contributed by atoms with E-state index in [1.54, 1.807) is 12.3 Å². The Morgan fingerprint density at radius 1 is 1.40 bits per heavy atom. The second-order valence-corrected chi connectivity index (χ2v) is 3.82. The summed E-state index contributed by atoms with van der Waals surface area (Å²) in [7, 11) is 0. The Balaban J connectivity index is 2.61. The van der Waals surface area contributed by atoms with E-state index in [9.17, 15) is 5.11 Å². The molecule has 0 saturated heterocycles. The summed E-state index contributed by atoms with van der Waals surface area (Å²) in [4.78, 5) is 4.16. The van der Waals surface area contributed by atoms with E-state index in [4.69, 9.17) is 5.73 Å². The fourth-order valence-electron chi connectivity index (χ4n) is 1.74. The first kappa shape index (κ1) is 9.93. The van der Waals surface area contributed by atoms with Crippen molar-refractivity contribution in [2.24, 2.45) is 5.73 Å². The van der Waals surface area contributed by atoms with Crippen LogP contribution in [-0.2, 0) is 6.42 Å². The first-order valence-corrected chi connectivity index (χ1v) is 4.99. The van der Waals surface area contributed by atoms with Crippen LogP contribution in [0.4, 0.5) is 0 Å². The minimum Gasteiger partial charge on any atom is -0.506 e. The zero-order valence-electron chi connectivity index (χ0n) is 8.64. The summed E-state index contributed by atoms with van der Waals surface area (Å²) in [6, 6.07) is 7.51. The monoisotopic (exact) mass is 202 g/mol. The minimum absolute atomic E-state index is 0.109. The molecule has 3 heteroatoms. The Kier molecular flexibility index (Phi) is 2.56. The fourth-order valence-corrected chi connectivity index (χ4v) is 1.74. The van der Waals surface area contributed by atoms with Crippen LogP contribution in [0.3, 0.4) is 0 Å². The number of pyridine rings is 1. The number of benzene rings is 1. The van der Waals surface area contributed by atoms with E-state index in [0.29, 0.717) is 5.52 Å². The number of hydrogen-bond acceptors (Lipinski definition) is 3. The highest BCUT2D eigenvalue weighted by Crippen LogP contribution is 2.25. The third kappa shape index (κ3) is 1.92. The first-order valence-electron chi connectivity index (χ1n) is 4.99. The van der Waals surface area contributed by atoms with Gasteiger partial charge in [-0.05, 0) is 31.0 Å². The highest BCUT2D eigenvalue weighted by molar-refractivity contribution is 5.87. The SMILES string of the molecule is CC(N)Cc1ccc(O)c2ncccc12. The summed E-state index contributed by atoms with van der Waals surface area (Å²) >= 11 is 0. The van der Waals surface area contributed by atoms with Gasteiger partial charge in [0, 0.05) is 17.6 Å². The summed E-state index contributed by atoms with van der Waals surface area (Å²) in [5, 5.41) is 10.6. The molecule has 0 radical (unpaired) electrons. The number of phenolic OH excluding ortho intramolecular Hbond substituents is 1. The van der Waals surface area contributed by atoms with Crippen molar-refractivity contribution in [2.75, 3.05) is 0 Å². The van der Waals surface area contributed by atoms with Crippen LogP contribution in [-0.4, -0.2) is 16.1 Å². The van der Waals surface area contributed by atoms with E-state index in [1.807, 2.05) is 25.1 Å². The van der Waals surface area contributed by atoms with Gasteiger partial charge < -0.3 is 10.8 Å². The van der Waals surface area contributed by atoms with Crippen LogP contribution >= 0.6 is 0 Å². The maximum absolute atomic E-state index is 9.64. The van der Waals surface area contributed by atoms with Gasteiger partial charge in [-0.25, -0.2) is 0 Å². The fraction of sp³-hybridized carbons (Fsp3) is 0.250. The number of nitrogens with zero attached hydrogens (tertiary/aromatic N) is 1. The summed E-state index contributed by atoms with van der Waals surface area (Å²) in [5.41, 5.74) is 7.55. The minimum atomic E-state index is 0.109. The molecule has 0 saturated carbocycles. The van der Waals surface area contributed by atoms with Crippen molar-refractivity contribution in [3.05, 3.63) is 36.0 Å². The number of rotatable bonds is 2. The highest BCUT2D eigenvalue weighted by atomic mass is 16.3. The number of fused-ring (bicyclic) bond motifs is 1. The molecule has 0 fully saturated rings. The van der Waals surface area contributed by atoms with Gasteiger partial charge in [-0.3, -0.25) is 4.98 Å². The Morgan fingerprint density at radius 3 is 2.93 bits per heavy atom. The molecule has 2 rings (SSSR count). The molecular weight excluding hydrogens is 188 g/mol. The number of aromatic hydroxyl groups is 1. The van der Waals surface area contributed by atoms with Crippen molar-refractivity contribution >= 4 is 10.9 Å². The average Bonchev–Trinajstić information content (AvgIpc) is 2.22. The van der Waals surface area contributed by atoms with Crippen LogP contribution in [0, 0.1) is 0 Å². The molecule has 0 bridgehead atoms. The van der Waals surface area contributed by atoms with Gasteiger partial charge in [0.2, 0.25) is 0 Å². The lowest BCUT2D eigenvalue weighted by Crippen LogP contribution is -2.17. The molecule has 3 N–H and O–H groups in total. The maximum Gasteiger partial charge on any atom is 0.141 e. The van der Waals surface area contributed by atoms with Crippen LogP contribution in [0.15, 0.2) is 30.5 Å². The average molecular weight is 202 g/mol. The van der Waals surface area contributed by atoms with Crippen molar-refractivity contribution in [3.8, 4) is 5.75 Å². The van der Waals surface area contributed by atoms with Crippen molar-refractivity contribution in [3.63, 3.8) is 0 Å². The van der Waals surface area contributed by atoms with E-state index in [0.717, 1.165) is 17.4 Å². The van der Waals surface area contributed by atoms with Crippen LogP contribution in [0.2, 0.25) is 0 Å². The van der Waals surface area contributed by atoms with Crippen molar-refractivity contribution < 1.29 is 5.11 Å². The molecule has 78 valence electrons. The molecule has 3 nitrogen and oxygen atoms in total. The maximum atomic E-state index is 9.64. The lowest BCUT2D eigenvalue weighted by molar-refractivity contribution is 0.480. The van der Waals surface area contributed by atoms with Crippen LogP contribution < -0.4 is 5.73 Å². The molecule has 0 spiro atoms. The van der Waals surface area contributed by atoms with E-state index < -0.39 is 0 Å². The molecule has 1 unspecified atom stereocenters. The lowest BCUT2D eigenvalue weighted by Gasteiger charge is -2.09. The number of nitrogens with two attached hydrogens (primary N) is 1. The van der Waals surface area contributed by atoms with Gasteiger partial charge in [0.05, 0.1) is 0 Å². The third-order valence-electron chi connectivity index (χ3n) is 2.38. The van der Waals surface area contributed by atoms with Crippen LogP contribution in [0.1, 0.15) is 12.5 Å². The Labute approximate surface area is 88.6 Å². The van der Waals surface area contributed by atoms with Gasteiger partial charge in [-0.15, -0.1) is 0 Å². The smallest absolute Gasteiger partial charge is 0.141 e. The number of hydrogen-bond donors (Lipinski definition) is 2. The van der Waals surface area contributed by atoms with E-state index in [1.165, 1.54) is 0 Å². The summed E-state index contributed by atoms with van der Waals surface area (Å²) in [6.07, 6.45) is 2.47. The molecule has 1 aromatic heterocycles. The quantitative estimate of drug-likeness (QED) is 0.781. The van der Waals surface area contributed by atoms with E-state index in [2.05, 4.69) is 4.98 Å². The lowest BCUT2D eigenvalue weighted by atomic mass is 10.0. The van der Waals surface area contributed by atoms with Gasteiger partial charge in [0.1, 0.15) is 11.3 Å². The van der Waals surface area contributed by atoms with Crippen molar-refractivity contribution in [2.45, 2.75) is 19.4 Å². The Hall–Kier alpha value is -1.61. The van der Waals surface area contributed by atoms with E-state index in [-0.39, 0.29) is 11.8 Å². The number of aromatic nitrogens is 1. The molecular formula is C12H14N2O. The van der Waals surface area contributed by atoms with Gasteiger partial charge in [0.15, 0.2) is 0 Å². The molecule has 1 heterocycles. The molecule has 0 amide bonds. The largest absolute Gasteiger partial charge is 0.506 e. The van der Waals surface area contributed by atoms with Crippen molar-refractivity contribution in [1.29, 1.82) is 0 Å². The van der Waals surface area contributed by atoms with Gasteiger partial charge in [0.25, 0.3) is 0 Å². The molecule has 1 aromatic carbocycles. The van der Waals surface area contributed by atoms with Crippen LogP contribution in [0.5, 0.6) is 5.75 Å². The van der Waals surface area contributed by atoms with Crippen LogP contribution in [0.25, 0.3) is 10.9 Å².